The SMILES string of the molecule is C=C/C=C(\O[SiH](C)C)C(C)(C)C. The van der Waals surface area contributed by atoms with Crippen molar-refractivity contribution in [2.24, 2.45) is 5.41 Å². The second-order valence-electron chi connectivity index (χ2n) is 4.18. The van der Waals surface area contributed by atoms with Crippen LogP contribution in [0.1, 0.15) is 20.8 Å². The van der Waals surface area contributed by atoms with Crippen molar-refractivity contribution in [3.05, 3.63) is 24.5 Å². The smallest absolute Gasteiger partial charge is 0.229 e. The summed E-state index contributed by atoms with van der Waals surface area (Å²) < 4.78 is 5.78. The van der Waals surface area contributed by atoms with Crippen molar-refractivity contribution < 1.29 is 4.43 Å². The van der Waals surface area contributed by atoms with E-state index in [1.807, 2.05) is 6.08 Å². The van der Waals surface area contributed by atoms with E-state index in [9.17, 15) is 0 Å². The van der Waals surface area contributed by atoms with E-state index in [1.165, 1.54) is 0 Å². The van der Waals surface area contributed by atoms with Gasteiger partial charge in [0, 0.05) is 5.41 Å². The Kier molecular flexibility index (Phi) is 4.32. The van der Waals surface area contributed by atoms with Crippen LogP contribution >= 0.6 is 0 Å². The van der Waals surface area contributed by atoms with Crippen molar-refractivity contribution in [2.45, 2.75) is 33.9 Å². The van der Waals surface area contributed by atoms with Crippen molar-refractivity contribution in [3.63, 3.8) is 0 Å². The van der Waals surface area contributed by atoms with Crippen LogP contribution in [0, 0.1) is 5.41 Å². The molecule has 70 valence electrons. The Bertz CT molecular complexity index is 175. The standard InChI is InChI=1S/C10H20OSi/c1-7-8-9(10(2,3)4)11-12(5)6/h7-8,12H,1H2,2-6H3/b9-8-. The van der Waals surface area contributed by atoms with Crippen LogP contribution in [0.3, 0.4) is 0 Å². The van der Waals surface area contributed by atoms with Crippen molar-refractivity contribution in [1.82, 2.24) is 0 Å². The van der Waals surface area contributed by atoms with Crippen molar-refractivity contribution in [3.8, 4) is 0 Å². The van der Waals surface area contributed by atoms with Crippen LogP contribution in [0.5, 0.6) is 0 Å². The zero-order chi connectivity index (χ0) is 9.78. The molecule has 0 aliphatic heterocycles. The average molecular weight is 184 g/mol. The summed E-state index contributed by atoms with van der Waals surface area (Å²) in [5.41, 5.74) is 0.103. The molecule has 0 saturated carbocycles. The molecule has 0 aromatic heterocycles. The highest BCUT2D eigenvalue weighted by molar-refractivity contribution is 6.48. The van der Waals surface area contributed by atoms with Crippen LogP contribution < -0.4 is 0 Å². The molecule has 0 aromatic rings. The highest BCUT2D eigenvalue weighted by atomic mass is 28.3. The first-order valence-corrected chi connectivity index (χ1v) is 7.16. The third-order valence-corrected chi connectivity index (χ3v) is 2.10. The Balaban J connectivity index is 4.46. The Hall–Kier alpha value is -0.503. The average Bonchev–Trinajstić information content (AvgIpc) is 1.83. The largest absolute Gasteiger partial charge is 0.549 e. The lowest BCUT2D eigenvalue weighted by atomic mass is 9.94. The summed E-state index contributed by atoms with van der Waals surface area (Å²) in [5.74, 6) is 1.05. The van der Waals surface area contributed by atoms with Crippen LogP contribution in [0.25, 0.3) is 0 Å². The van der Waals surface area contributed by atoms with Gasteiger partial charge in [0.1, 0.15) is 0 Å². The highest BCUT2D eigenvalue weighted by Crippen LogP contribution is 2.26. The summed E-state index contributed by atoms with van der Waals surface area (Å²) in [6.45, 7) is 14.5. The summed E-state index contributed by atoms with van der Waals surface area (Å²) in [6.07, 6.45) is 3.75. The molecule has 12 heavy (non-hydrogen) atoms. The fraction of sp³-hybridized carbons (Fsp3) is 0.600. The maximum Gasteiger partial charge on any atom is 0.229 e. The first-order chi connectivity index (χ1) is 5.38. The molecule has 0 radical (unpaired) electrons. The highest BCUT2D eigenvalue weighted by Gasteiger charge is 2.18. The molecule has 1 nitrogen and oxygen atoms in total. The second-order valence-corrected chi connectivity index (χ2v) is 6.52. The van der Waals surface area contributed by atoms with E-state index >= 15 is 0 Å². The molecule has 0 aliphatic rings. The fourth-order valence-corrected chi connectivity index (χ4v) is 1.77. The van der Waals surface area contributed by atoms with Crippen LogP contribution in [-0.2, 0) is 4.43 Å². The maximum absolute atomic E-state index is 5.78. The summed E-state index contributed by atoms with van der Waals surface area (Å²) in [6, 6.07) is 0. The van der Waals surface area contributed by atoms with Gasteiger partial charge in [0.25, 0.3) is 0 Å². The first kappa shape index (κ1) is 11.5. The van der Waals surface area contributed by atoms with Gasteiger partial charge in [-0.15, -0.1) is 0 Å². The molecule has 0 spiro atoms. The van der Waals surface area contributed by atoms with E-state index in [0.717, 1.165) is 5.76 Å². The summed E-state index contributed by atoms with van der Waals surface area (Å²) >= 11 is 0. The number of allylic oxidation sites excluding steroid dienone is 3. The minimum atomic E-state index is -0.976. The lowest BCUT2D eigenvalue weighted by Crippen LogP contribution is -2.18. The summed E-state index contributed by atoms with van der Waals surface area (Å²) in [7, 11) is -0.976. The molecule has 0 aromatic carbocycles. The molecule has 0 N–H and O–H groups in total. The van der Waals surface area contributed by atoms with E-state index < -0.39 is 9.04 Å². The van der Waals surface area contributed by atoms with E-state index in [0.29, 0.717) is 0 Å². The molecule has 0 fully saturated rings. The Morgan fingerprint density at radius 3 is 2.08 bits per heavy atom. The lowest BCUT2D eigenvalue weighted by molar-refractivity contribution is 0.299. The predicted octanol–water partition coefficient (Wildman–Crippen LogP) is 3.10. The Labute approximate surface area is 77.9 Å². The van der Waals surface area contributed by atoms with Gasteiger partial charge in [-0.2, -0.15) is 0 Å². The zero-order valence-corrected chi connectivity index (χ0v) is 10.0. The number of hydrogen-bond acceptors (Lipinski definition) is 1. The molecule has 0 bridgehead atoms. The van der Waals surface area contributed by atoms with Gasteiger partial charge in [0.05, 0.1) is 5.76 Å². The zero-order valence-electron chi connectivity index (χ0n) is 8.85. The third-order valence-electron chi connectivity index (χ3n) is 1.37. The second kappa shape index (κ2) is 4.50. The molecule has 0 aliphatic carbocycles. The van der Waals surface area contributed by atoms with Gasteiger partial charge in [-0.25, -0.2) is 0 Å². The molecule has 0 amide bonds. The van der Waals surface area contributed by atoms with Gasteiger partial charge in [0.2, 0.25) is 9.04 Å². The Morgan fingerprint density at radius 2 is 1.83 bits per heavy atom. The Morgan fingerprint density at radius 1 is 1.33 bits per heavy atom. The quantitative estimate of drug-likeness (QED) is 0.372. The molecular weight excluding hydrogens is 164 g/mol. The first-order valence-electron chi connectivity index (χ1n) is 4.37. The van der Waals surface area contributed by atoms with E-state index in [2.05, 4.69) is 40.4 Å². The topological polar surface area (TPSA) is 9.23 Å². The fourth-order valence-electron chi connectivity index (χ4n) is 0.827. The van der Waals surface area contributed by atoms with Gasteiger partial charge in [0.15, 0.2) is 0 Å². The van der Waals surface area contributed by atoms with Crippen molar-refractivity contribution >= 4 is 9.04 Å². The van der Waals surface area contributed by atoms with E-state index in [4.69, 9.17) is 4.43 Å². The third kappa shape index (κ3) is 4.39. The van der Waals surface area contributed by atoms with Crippen LogP contribution in [0.15, 0.2) is 24.5 Å². The molecule has 0 unspecified atom stereocenters. The van der Waals surface area contributed by atoms with Crippen LogP contribution in [0.2, 0.25) is 13.1 Å². The lowest BCUT2D eigenvalue weighted by Gasteiger charge is -2.25. The van der Waals surface area contributed by atoms with E-state index in [1.54, 1.807) is 6.08 Å². The predicted molar refractivity (Wildman–Crippen MR) is 57.7 cm³/mol. The van der Waals surface area contributed by atoms with Gasteiger partial charge >= 0.3 is 0 Å². The van der Waals surface area contributed by atoms with Gasteiger partial charge in [-0.3, -0.25) is 0 Å². The van der Waals surface area contributed by atoms with Crippen LogP contribution in [-0.4, -0.2) is 9.04 Å². The minimum absolute atomic E-state index is 0.103. The molecule has 0 saturated heterocycles. The number of rotatable bonds is 3. The van der Waals surface area contributed by atoms with Gasteiger partial charge in [-0.05, 0) is 19.2 Å². The van der Waals surface area contributed by atoms with Crippen LogP contribution in [0.4, 0.5) is 0 Å². The van der Waals surface area contributed by atoms with Crippen molar-refractivity contribution in [2.75, 3.05) is 0 Å². The monoisotopic (exact) mass is 184 g/mol. The minimum Gasteiger partial charge on any atom is -0.549 e. The molecule has 0 atom stereocenters. The van der Waals surface area contributed by atoms with Crippen molar-refractivity contribution in [1.29, 1.82) is 0 Å². The number of hydrogen-bond donors (Lipinski definition) is 0. The van der Waals surface area contributed by atoms with Gasteiger partial charge < -0.3 is 4.43 Å². The summed E-state index contributed by atoms with van der Waals surface area (Å²) in [4.78, 5) is 0. The maximum atomic E-state index is 5.78. The molecule has 0 heterocycles. The summed E-state index contributed by atoms with van der Waals surface area (Å²) in [5, 5.41) is 0. The molecule has 0 rings (SSSR count). The molecular formula is C10H20OSi. The van der Waals surface area contributed by atoms with Gasteiger partial charge in [-0.1, -0.05) is 33.4 Å². The normalized spacial score (nSPS) is 13.3. The van der Waals surface area contributed by atoms with E-state index in [-0.39, 0.29) is 5.41 Å². The molecule has 2 heteroatoms.